The number of nitrogens with one attached hydrogen (secondary N) is 1. The van der Waals surface area contributed by atoms with Crippen molar-refractivity contribution in [2.24, 2.45) is 0 Å². The number of phenols is 2. The first kappa shape index (κ1) is 32.3. The minimum atomic E-state index is -3.50. The van der Waals surface area contributed by atoms with E-state index in [4.69, 9.17) is 23.2 Å². The van der Waals surface area contributed by atoms with Gasteiger partial charge in [-0.15, -0.1) is 0 Å². The number of amides is 1. The normalized spacial score (nSPS) is 12.2. The number of sulfone groups is 1. The highest BCUT2D eigenvalue weighted by atomic mass is 35.5. The summed E-state index contributed by atoms with van der Waals surface area (Å²) in [6.45, 7) is 0. The number of hydrogen-bond donors (Lipinski definition) is 4. The van der Waals surface area contributed by atoms with E-state index in [0.717, 1.165) is 22.4 Å². The summed E-state index contributed by atoms with van der Waals surface area (Å²) in [5.41, 5.74) is 1.08. The van der Waals surface area contributed by atoms with Gasteiger partial charge in [0.05, 0.1) is 20.5 Å². The number of aryl methyl sites for hydroxylation is 1. The molecule has 4 aromatic rings. The number of phenolic OH excluding ortho intramolecular Hbond substituents is 2. The largest absolute Gasteiger partial charge is 0.508 e. The van der Waals surface area contributed by atoms with Gasteiger partial charge in [-0.3, -0.25) is 4.79 Å². The Hall–Kier alpha value is -3.62. The van der Waals surface area contributed by atoms with Crippen LogP contribution in [0.15, 0.2) is 89.8 Å². The topological polar surface area (TPSA) is 141 Å². The number of carboxylic acids is 1. The Morgan fingerprint density at radius 1 is 0.837 bits per heavy atom. The van der Waals surface area contributed by atoms with Crippen LogP contribution >= 0.6 is 31.1 Å². The van der Waals surface area contributed by atoms with Crippen molar-refractivity contribution in [1.29, 1.82) is 0 Å². The smallest absolute Gasteiger partial charge is 0.326 e. The van der Waals surface area contributed by atoms with Gasteiger partial charge < -0.3 is 20.6 Å². The van der Waals surface area contributed by atoms with Crippen molar-refractivity contribution >= 4 is 63.4 Å². The number of halogens is 2. The molecule has 0 heterocycles. The van der Waals surface area contributed by atoms with Crippen LogP contribution in [-0.2, 0) is 27.5 Å². The summed E-state index contributed by atoms with van der Waals surface area (Å²) in [5, 5.41) is 34.2. The molecule has 0 radical (unpaired) electrons. The SMILES string of the molecule is CS(=O)(=O)c1cccc(C[C@H](NC(=O)c2c(Cl)cc(CCP(c3cccc(O)c3)c3cccc(O)c3)cc2Cl)C(=O)O)c1. The fraction of sp³-hybridized carbons (Fsp3) is 0.161. The van der Waals surface area contributed by atoms with E-state index >= 15 is 0 Å². The highest BCUT2D eigenvalue weighted by Gasteiger charge is 2.25. The summed E-state index contributed by atoms with van der Waals surface area (Å²) in [6.07, 6.45) is 2.02. The van der Waals surface area contributed by atoms with Gasteiger partial charge in [-0.05, 0) is 90.8 Å². The number of aliphatic carboxylic acids is 1. The Kier molecular flexibility index (Phi) is 10.4. The van der Waals surface area contributed by atoms with Crippen molar-refractivity contribution in [1.82, 2.24) is 5.32 Å². The molecule has 4 rings (SSSR count). The van der Waals surface area contributed by atoms with Crippen molar-refractivity contribution in [3.05, 3.63) is 112 Å². The molecule has 4 N–H and O–H groups in total. The lowest BCUT2D eigenvalue weighted by molar-refractivity contribution is -0.139. The molecule has 4 aromatic carbocycles. The zero-order valence-corrected chi connectivity index (χ0v) is 26.1. The maximum absolute atomic E-state index is 13.1. The van der Waals surface area contributed by atoms with E-state index in [9.17, 15) is 33.3 Å². The first-order valence-corrected chi connectivity index (χ1v) is 17.2. The quantitative estimate of drug-likeness (QED) is 0.168. The maximum Gasteiger partial charge on any atom is 0.326 e. The average molecular weight is 661 g/mol. The van der Waals surface area contributed by atoms with Gasteiger partial charge in [-0.2, -0.15) is 0 Å². The molecule has 0 aliphatic heterocycles. The first-order valence-electron chi connectivity index (χ1n) is 13.0. The number of rotatable bonds is 11. The molecule has 0 fully saturated rings. The molecule has 8 nitrogen and oxygen atoms in total. The van der Waals surface area contributed by atoms with Gasteiger partial charge in [0.2, 0.25) is 0 Å². The summed E-state index contributed by atoms with van der Waals surface area (Å²) in [4.78, 5) is 25.2. The minimum Gasteiger partial charge on any atom is -0.508 e. The van der Waals surface area contributed by atoms with E-state index in [1.807, 2.05) is 12.1 Å². The summed E-state index contributed by atoms with van der Waals surface area (Å²) in [6, 6.07) is 21.6. The van der Waals surface area contributed by atoms with Gasteiger partial charge >= 0.3 is 5.97 Å². The Labute approximate surface area is 260 Å². The van der Waals surface area contributed by atoms with Gasteiger partial charge in [0.1, 0.15) is 17.5 Å². The van der Waals surface area contributed by atoms with Crippen molar-refractivity contribution in [2.75, 3.05) is 12.4 Å². The predicted octanol–water partition coefficient (Wildman–Crippen LogP) is 4.91. The second-order valence-electron chi connectivity index (χ2n) is 9.86. The van der Waals surface area contributed by atoms with Crippen LogP contribution in [0.5, 0.6) is 11.5 Å². The first-order chi connectivity index (χ1) is 20.3. The van der Waals surface area contributed by atoms with Crippen molar-refractivity contribution in [3.8, 4) is 11.5 Å². The minimum absolute atomic E-state index is 0.0407. The van der Waals surface area contributed by atoms with E-state index < -0.39 is 35.7 Å². The second kappa shape index (κ2) is 13.8. The summed E-state index contributed by atoms with van der Waals surface area (Å²) in [7, 11) is -4.49. The molecule has 0 unspecified atom stereocenters. The van der Waals surface area contributed by atoms with Crippen LogP contribution < -0.4 is 15.9 Å². The van der Waals surface area contributed by atoms with E-state index in [1.54, 1.807) is 54.6 Å². The van der Waals surface area contributed by atoms with Gasteiger partial charge in [0, 0.05) is 12.7 Å². The molecule has 0 bridgehead atoms. The van der Waals surface area contributed by atoms with Crippen LogP contribution in [0.3, 0.4) is 0 Å². The van der Waals surface area contributed by atoms with Crippen molar-refractivity contribution < 1.29 is 33.3 Å². The third-order valence-corrected chi connectivity index (χ3v) is 10.8. The number of carbonyl (C=O) groups excluding carboxylic acids is 1. The molecule has 12 heteroatoms. The van der Waals surface area contributed by atoms with Crippen molar-refractivity contribution in [3.63, 3.8) is 0 Å². The van der Waals surface area contributed by atoms with Crippen LogP contribution in [0.1, 0.15) is 21.5 Å². The Morgan fingerprint density at radius 2 is 1.40 bits per heavy atom. The molecule has 0 aromatic heterocycles. The number of benzene rings is 4. The second-order valence-corrected chi connectivity index (χ2v) is 15.0. The van der Waals surface area contributed by atoms with E-state index in [-0.39, 0.29) is 38.4 Å². The number of carboxylic acid groups (broad SMARTS) is 1. The molecule has 0 aliphatic rings. The predicted molar refractivity (Wildman–Crippen MR) is 170 cm³/mol. The zero-order chi connectivity index (χ0) is 31.3. The van der Waals surface area contributed by atoms with Gasteiger partial charge in [0.25, 0.3) is 5.91 Å². The zero-order valence-electron chi connectivity index (χ0n) is 22.9. The fourth-order valence-corrected chi connectivity index (χ4v) is 8.33. The molecule has 1 amide bonds. The van der Waals surface area contributed by atoms with Crippen LogP contribution in [0.4, 0.5) is 0 Å². The highest BCUT2D eigenvalue weighted by Crippen LogP contribution is 2.37. The molecule has 1 atom stereocenters. The molecule has 224 valence electrons. The number of hydrogen-bond acceptors (Lipinski definition) is 6. The molecule has 0 aliphatic carbocycles. The molecule has 43 heavy (non-hydrogen) atoms. The van der Waals surface area contributed by atoms with Crippen LogP contribution in [0.2, 0.25) is 10.0 Å². The average Bonchev–Trinajstić information content (AvgIpc) is 2.92. The molecule has 0 saturated carbocycles. The third kappa shape index (κ3) is 8.48. The Morgan fingerprint density at radius 3 is 1.91 bits per heavy atom. The third-order valence-electron chi connectivity index (χ3n) is 6.61. The standard InChI is InChI=1S/C31H28Cl2NO7PS/c1-43(40,41)25-10-2-5-19(13-25)16-28(31(38)39)34-30(37)29-26(32)14-20(15-27(29)33)11-12-42(23-8-3-6-21(35)17-23)24-9-4-7-22(36)18-24/h2-10,13-15,17-18,28,35-36H,11-12,16H2,1H3,(H,34,37)(H,38,39)/t28-/m0/s1. The summed E-state index contributed by atoms with van der Waals surface area (Å²) in [5.74, 6) is -1.83. The van der Waals surface area contributed by atoms with E-state index in [0.29, 0.717) is 18.1 Å². The monoisotopic (exact) mass is 659 g/mol. The molecular formula is C31H28Cl2NO7PS. The Bertz CT molecular complexity index is 1710. The van der Waals surface area contributed by atoms with Crippen LogP contribution in [0, 0.1) is 0 Å². The lowest BCUT2D eigenvalue weighted by Gasteiger charge is -2.20. The molecular weight excluding hydrogens is 632 g/mol. The van der Waals surface area contributed by atoms with Gasteiger partial charge in [0.15, 0.2) is 9.84 Å². The lowest BCUT2D eigenvalue weighted by atomic mass is 10.0. The van der Waals surface area contributed by atoms with Gasteiger partial charge in [-0.1, -0.05) is 59.6 Å². The number of carbonyl (C=O) groups is 2. The number of aromatic hydroxyl groups is 2. The van der Waals surface area contributed by atoms with E-state index in [2.05, 4.69) is 5.32 Å². The molecule has 0 spiro atoms. The molecule has 0 saturated heterocycles. The van der Waals surface area contributed by atoms with Crippen LogP contribution in [0.25, 0.3) is 0 Å². The maximum atomic E-state index is 13.1. The van der Waals surface area contributed by atoms with E-state index in [1.165, 1.54) is 18.2 Å². The van der Waals surface area contributed by atoms with Crippen molar-refractivity contribution in [2.45, 2.75) is 23.8 Å². The lowest BCUT2D eigenvalue weighted by Crippen LogP contribution is -2.42. The highest BCUT2D eigenvalue weighted by molar-refractivity contribution is 7.90. The summed E-state index contributed by atoms with van der Waals surface area (Å²) >= 11 is 13.0. The summed E-state index contributed by atoms with van der Waals surface area (Å²) < 4.78 is 23.8. The van der Waals surface area contributed by atoms with Crippen LogP contribution in [-0.4, -0.2) is 54.1 Å². The fourth-order valence-electron chi connectivity index (χ4n) is 4.53. The van der Waals surface area contributed by atoms with Gasteiger partial charge in [-0.25, -0.2) is 13.2 Å². The Balaban J connectivity index is 1.53.